The molecule has 1 aromatic heterocycles. The Bertz CT molecular complexity index is 985. The summed E-state index contributed by atoms with van der Waals surface area (Å²) in [5.74, 6) is 0.318. The summed E-state index contributed by atoms with van der Waals surface area (Å²) >= 11 is 0. The summed E-state index contributed by atoms with van der Waals surface area (Å²) in [5, 5.41) is 3.13. The predicted octanol–water partition coefficient (Wildman–Crippen LogP) is 4.39. The summed E-state index contributed by atoms with van der Waals surface area (Å²) in [6.07, 6.45) is 11.9. The molecule has 168 valence electrons. The molecule has 1 aliphatic heterocycles. The quantitative estimate of drug-likeness (QED) is 0.690. The Labute approximate surface area is 190 Å². The van der Waals surface area contributed by atoms with Gasteiger partial charge in [0, 0.05) is 37.4 Å². The molecule has 0 bridgehead atoms. The molecule has 4 rings (SSSR count). The molecule has 1 aliphatic carbocycles. The maximum absolute atomic E-state index is 13.4. The van der Waals surface area contributed by atoms with Crippen LogP contribution >= 0.6 is 0 Å². The van der Waals surface area contributed by atoms with Crippen LogP contribution in [-0.4, -0.2) is 40.8 Å². The molecule has 0 unspecified atom stereocenters. The summed E-state index contributed by atoms with van der Waals surface area (Å²) in [6, 6.07) is 12.4. The van der Waals surface area contributed by atoms with Crippen molar-refractivity contribution < 1.29 is 9.59 Å². The third-order valence-electron chi connectivity index (χ3n) is 6.67. The molecule has 1 aromatic carbocycles. The molecular formula is C27H33N3O2. The molecule has 2 aliphatic rings. The number of likely N-dealkylation sites (tertiary alicyclic amines) is 1. The minimum Gasteiger partial charge on any atom is -0.353 e. The number of aromatic nitrogens is 1. The van der Waals surface area contributed by atoms with E-state index < -0.39 is 5.41 Å². The molecule has 5 nitrogen and oxygen atoms in total. The van der Waals surface area contributed by atoms with Crippen molar-refractivity contribution in [1.29, 1.82) is 0 Å². The fraction of sp³-hybridized carbons (Fsp3) is 0.444. The van der Waals surface area contributed by atoms with Gasteiger partial charge < -0.3 is 10.2 Å². The van der Waals surface area contributed by atoms with Gasteiger partial charge >= 0.3 is 0 Å². The topological polar surface area (TPSA) is 62.3 Å². The minimum atomic E-state index is -0.596. The number of nitrogens with zero attached hydrogens (tertiary/aromatic N) is 2. The average Bonchev–Trinajstić information content (AvgIpc) is 3.25. The highest BCUT2D eigenvalue weighted by atomic mass is 16.2. The first-order chi connectivity index (χ1) is 15.5. The van der Waals surface area contributed by atoms with Crippen LogP contribution in [0.5, 0.6) is 0 Å². The van der Waals surface area contributed by atoms with Gasteiger partial charge in [-0.15, -0.1) is 0 Å². The van der Waals surface area contributed by atoms with E-state index in [0.29, 0.717) is 25.9 Å². The number of carbonyl (C=O) groups is 2. The molecule has 2 amide bonds. The third-order valence-corrected chi connectivity index (χ3v) is 6.67. The van der Waals surface area contributed by atoms with Crippen LogP contribution in [0.4, 0.5) is 0 Å². The standard InChI is InChI=1S/C27H33N3O2/c1-20(2)29-26(32)27(13-16-30(19-27)25(31)23-8-4-3-5-9-23)18-21-7-6-10-24(17-21)22-11-14-28-15-12-22/h3-4,6-7,10-12,14-15,17,20,23H,5,8-9,13,16,18-19H2,1-2H3,(H,29,32)/t23-,27-/m1/s1. The molecule has 32 heavy (non-hydrogen) atoms. The lowest BCUT2D eigenvalue weighted by Crippen LogP contribution is -2.47. The van der Waals surface area contributed by atoms with E-state index in [-0.39, 0.29) is 23.8 Å². The van der Waals surface area contributed by atoms with Crippen molar-refractivity contribution in [3.8, 4) is 11.1 Å². The highest BCUT2D eigenvalue weighted by Crippen LogP contribution is 2.37. The fourth-order valence-corrected chi connectivity index (χ4v) is 4.96. The average molecular weight is 432 g/mol. The molecule has 1 saturated heterocycles. The summed E-state index contributed by atoms with van der Waals surface area (Å²) in [4.78, 5) is 32.6. The van der Waals surface area contributed by atoms with E-state index in [0.717, 1.165) is 36.0 Å². The first-order valence-electron chi connectivity index (χ1n) is 11.7. The van der Waals surface area contributed by atoms with Crippen molar-refractivity contribution >= 4 is 11.8 Å². The Morgan fingerprint density at radius 1 is 1.16 bits per heavy atom. The van der Waals surface area contributed by atoms with Gasteiger partial charge in [-0.05, 0) is 74.8 Å². The zero-order chi connectivity index (χ0) is 22.6. The molecule has 1 N–H and O–H groups in total. The van der Waals surface area contributed by atoms with E-state index in [1.165, 1.54) is 0 Å². The van der Waals surface area contributed by atoms with Gasteiger partial charge in [0.1, 0.15) is 0 Å². The lowest BCUT2D eigenvalue weighted by Gasteiger charge is -2.31. The highest BCUT2D eigenvalue weighted by Gasteiger charge is 2.46. The predicted molar refractivity (Wildman–Crippen MR) is 127 cm³/mol. The molecule has 0 spiro atoms. The van der Waals surface area contributed by atoms with Crippen LogP contribution in [-0.2, 0) is 16.0 Å². The second-order valence-electron chi connectivity index (χ2n) is 9.51. The van der Waals surface area contributed by atoms with Gasteiger partial charge in [0.05, 0.1) is 5.41 Å². The molecule has 0 radical (unpaired) electrons. The number of allylic oxidation sites excluding steroid dienone is 2. The second kappa shape index (κ2) is 9.68. The SMILES string of the molecule is CC(C)NC(=O)[C@@]1(Cc2cccc(-c3ccncc3)c2)CCN(C(=O)[C@@H]2CC=CCC2)C1. The largest absolute Gasteiger partial charge is 0.353 e. The van der Waals surface area contributed by atoms with Crippen molar-refractivity contribution in [3.05, 3.63) is 66.5 Å². The van der Waals surface area contributed by atoms with E-state index >= 15 is 0 Å². The van der Waals surface area contributed by atoms with Crippen LogP contribution < -0.4 is 5.32 Å². The Balaban J connectivity index is 1.57. The van der Waals surface area contributed by atoms with Gasteiger partial charge in [-0.3, -0.25) is 14.6 Å². The number of hydrogen-bond acceptors (Lipinski definition) is 3. The van der Waals surface area contributed by atoms with Gasteiger partial charge in [0.25, 0.3) is 0 Å². The van der Waals surface area contributed by atoms with Gasteiger partial charge in [0.2, 0.25) is 11.8 Å². The fourth-order valence-electron chi connectivity index (χ4n) is 4.96. The van der Waals surface area contributed by atoms with E-state index in [2.05, 4.69) is 40.7 Å². The van der Waals surface area contributed by atoms with Gasteiger partial charge in [-0.25, -0.2) is 0 Å². The lowest BCUT2D eigenvalue weighted by molar-refractivity contribution is -0.136. The number of hydrogen-bond donors (Lipinski definition) is 1. The number of nitrogens with one attached hydrogen (secondary N) is 1. The van der Waals surface area contributed by atoms with Crippen molar-refractivity contribution in [2.75, 3.05) is 13.1 Å². The molecule has 2 aromatic rings. The maximum Gasteiger partial charge on any atom is 0.228 e. The molecule has 5 heteroatoms. The highest BCUT2D eigenvalue weighted by molar-refractivity contribution is 5.86. The molecule has 1 fully saturated rings. The first kappa shape index (κ1) is 22.3. The minimum absolute atomic E-state index is 0.0546. The second-order valence-corrected chi connectivity index (χ2v) is 9.51. The molecule has 2 heterocycles. The lowest BCUT2D eigenvalue weighted by atomic mass is 9.79. The Morgan fingerprint density at radius 3 is 2.69 bits per heavy atom. The summed E-state index contributed by atoms with van der Waals surface area (Å²) in [5.41, 5.74) is 2.75. The van der Waals surface area contributed by atoms with E-state index in [9.17, 15) is 9.59 Å². The van der Waals surface area contributed by atoms with Crippen molar-refractivity contribution in [2.24, 2.45) is 11.3 Å². The van der Waals surface area contributed by atoms with Gasteiger partial charge in [0.15, 0.2) is 0 Å². The molecular weight excluding hydrogens is 398 g/mol. The van der Waals surface area contributed by atoms with Crippen molar-refractivity contribution in [2.45, 2.75) is 52.0 Å². The summed E-state index contributed by atoms with van der Waals surface area (Å²) in [6.45, 7) is 5.11. The maximum atomic E-state index is 13.4. The number of amides is 2. The number of rotatable bonds is 6. The van der Waals surface area contributed by atoms with Crippen molar-refractivity contribution in [3.63, 3.8) is 0 Å². The zero-order valence-electron chi connectivity index (χ0n) is 19.1. The first-order valence-corrected chi connectivity index (χ1v) is 11.7. The van der Waals surface area contributed by atoms with Crippen LogP contribution in [0, 0.1) is 11.3 Å². The van der Waals surface area contributed by atoms with Crippen LogP contribution in [0.2, 0.25) is 0 Å². The van der Waals surface area contributed by atoms with Crippen molar-refractivity contribution in [1.82, 2.24) is 15.2 Å². The van der Waals surface area contributed by atoms with Crippen LogP contribution in [0.15, 0.2) is 60.9 Å². The van der Waals surface area contributed by atoms with Crippen LogP contribution in [0.3, 0.4) is 0 Å². The van der Waals surface area contributed by atoms with Gasteiger partial charge in [-0.1, -0.05) is 36.4 Å². The number of pyridine rings is 1. The molecule has 2 atom stereocenters. The zero-order valence-corrected chi connectivity index (χ0v) is 19.1. The Hall–Kier alpha value is -2.95. The third kappa shape index (κ3) is 4.93. The van der Waals surface area contributed by atoms with E-state index in [1.54, 1.807) is 12.4 Å². The smallest absolute Gasteiger partial charge is 0.228 e. The normalized spacial score (nSPS) is 22.8. The van der Waals surface area contributed by atoms with Gasteiger partial charge in [-0.2, -0.15) is 0 Å². The Morgan fingerprint density at radius 2 is 1.97 bits per heavy atom. The number of carbonyl (C=O) groups excluding carboxylic acids is 2. The monoisotopic (exact) mass is 431 g/mol. The summed E-state index contributed by atoms with van der Waals surface area (Å²) in [7, 11) is 0. The van der Waals surface area contributed by atoms with Crippen LogP contribution in [0.25, 0.3) is 11.1 Å². The molecule has 0 saturated carbocycles. The van der Waals surface area contributed by atoms with E-state index in [1.807, 2.05) is 36.9 Å². The number of benzene rings is 1. The van der Waals surface area contributed by atoms with E-state index in [4.69, 9.17) is 0 Å². The Kier molecular flexibility index (Phi) is 6.73. The summed E-state index contributed by atoms with van der Waals surface area (Å²) < 4.78 is 0. The van der Waals surface area contributed by atoms with Crippen LogP contribution in [0.1, 0.15) is 45.1 Å².